The highest BCUT2D eigenvalue weighted by atomic mass is 35.5. The maximum Gasteiger partial charge on any atom is 0.101 e. The summed E-state index contributed by atoms with van der Waals surface area (Å²) in [5.41, 5.74) is 2.00. The molecule has 66 valence electrons. The van der Waals surface area contributed by atoms with Crippen molar-refractivity contribution in [3.8, 4) is 0 Å². The highest BCUT2D eigenvalue weighted by Crippen LogP contribution is 2.25. The first-order chi connectivity index (χ1) is 5.83. The minimum absolute atomic E-state index is 0.430. The third-order valence-corrected chi connectivity index (χ3v) is 2.35. The van der Waals surface area contributed by atoms with Crippen LogP contribution in [0, 0.1) is 0 Å². The molecule has 1 saturated heterocycles. The molecule has 0 N–H and O–H groups in total. The van der Waals surface area contributed by atoms with E-state index < -0.39 is 0 Å². The van der Waals surface area contributed by atoms with E-state index in [1.165, 1.54) is 0 Å². The Balaban J connectivity index is 2.31. The van der Waals surface area contributed by atoms with Crippen molar-refractivity contribution in [2.24, 2.45) is 7.05 Å². The van der Waals surface area contributed by atoms with Gasteiger partial charge in [-0.2, -0.15) is 0 Å². The molecule has 1 aliphatic heterocycles. The lowest BCUT2D eigenvalue weighted by molar-refractivity contribution is 0.00493. The zero-order chi connectivity index (χ0) is 8.55. The van der Waals surface area contributed by atoms with Crippen LogP contribution in [0.1, 0.15) is 17.3 Å². The average molecular weight is 188 g/mol. The second-order valence-electron chi connectivity index (χ2n) is 2.91. The van der Waals surface area contributed by atoms with E-state index in [-0.39, 0.29) is 0 Å². The summed E-state index contributed by atoms with van der Waals surface area (Å²) in [7, 11) is 1.89. The van der Waals surface area contributed by atoms with Crippen LogP contribution < -0.4 is 0 Å². The maximum atomic E-state index is 5.71. The van der Waals surface area contributed by atoms with Gasteiger partial charge in [-0.3, -0.25) is 4.68 Å². The molecule has 5 heteroatoms. The van der Waals surface area contributed by atoms with Crippen molar-refractivity contribution >= 4 is 11.6 Å². The van der Waals surface area contributed by atoms with E-state index in [1.54, 1.807) is 4.68 Å². The van der Waals surface area contributed by atoms with Gasteiger partial charge < -0.3 is 4.74 Å². The zero-order valence-corrected chi connectivity index (χ0v) is 7.58. The molecule has 0 spiro atoms. The molecule has 0 unspecified atom stereocenters. The average Bonchev–Trinajstić information content (AvgIpc) is 2.30. The lowest BCUT2D eigenvalue weighted by Crippen LogP contribution is -2.28. The zero-order valence-electron chi connectivity index (χ0n) is 6.83. The summed E-state index contributed by atoms with van der Waals surface area (Å²) in [5.74, 6) is 0.874. The molecule has 12 heavy (non-hydrogen) atoms. The van der Waals surface area contributed by atoms with E-state index in [1.807, 2.05) is 7.05 Å². The first-order valence-corrected chi connectivity index (χ1v) is 4.38. The van der Waals surface area contributed by atoms with Crippen molar-refractivity contribution in [3.63, 3.8) is 0 Å². The Hall–Kier alpha value is -0.610. The Labute approximate surface area is 75.5 Å². The molecular formula is C7H10ClN3O. The van der Waals surface area contributed by atoms with Gasteiger partial charge in [0.1, 0.15) is 5.69 Å². The molecule has 0 radical (unpaired) electrons. The minimum atomic E-state index is 0.430. The van der Waals surface area contributed by atoms with Crippen molar-refractivity contribution in [1.82, 2.24) is 15.0 Å². The van der Waals surface area contributed by atoms with Gasteiger partial charge in [0, 0.05) is 13.0 Å². The van der Waals surface area contributed by atoms with Crippen molar-refractivity contribution < 1.29 is 4.74 Å². The third-order valence-electron chi connectivity index (χ3n) is 2.10. The van der Waals surface area contributed by atoms with E-state index >= 15 is 0 Å². The van der Waals surface area contributed by atoms with Gasteiger partial charge in [0.15, 0.2) is 0 Å². The van der Waals surface area contributed by atoms with Crippen LogP contribution in [-0.4, -0.2) is 28.2 Å². The molecule has 2 rings (SSSR count). The Morgan fingerprint density at radius 1 is 1.67 bits per heavy atom. The predicted octanol–water partition coefficient (Wildman–Crippen LogP) is 0.668. The summed E-state index contributed by atoms with van der Waals surface area (Å²) in [6.07, 6.45) is 0. The molecule has 0 aromatic carbocycles. The molecule has 2 heterocycles. The van der Waals surface area contributed by atoms with Crippen LogP contribution in [0.5, 0.6) is 0 Å². The number of aromatic nitrogens is 3. The molecule has 4 nitrogen and oxygen atoms in total. The van der Waals surface area contributed by atoms with Gasteiger partial charge in [-0.05, 0) is 0 Å². The molecule has 0 amide bonds. The van der Waals surface area contributed by atoms with Crippen molar-refractivity contribution in [2.75, 3.05) is 13.2 Å². The van der Waals surface area contributed by atoms with E-state index in [2.05, 4.69) is 10.3 Å². The summed E-state index contributed by atoms with van der Waals surface area (Å²) >= 11 is 5.71. The molecule has 0 aliphatic carbocycles. The largest absolute Gasteiger partial charge is 0.380 e. The second kappa shape index (κ2) is 3.03. The van der Waals surface area contributed by atoms with E-state index in [4.69, 9.17) is 16.3 Å². The fourth-order valence-corrected chi connectivity index (χ4v) is 1.59. The van der Waals surface area contributed by atoms with Gasteiger partial charge in [0.25, 0.3) is 0 Å². The van der Waals surface area contributed by atoms with E-state index in [0.717, 1.165) is 24.6 Å². The maximum absolute atomic E-state index is 5.71. The van der Waals surface area contributed by atoms with Crippen molar-refractivity contribution in [3.05, 3.63) is 11.4 Å². The molecule has 1 aliphatic rings. The van der Waals surface area contributed by atoms with Gasteiger partial charge in [0.05, 0.1) is 24.8 Å². The fourth-order valence-electron chi connectivity index (χ4n) is 1.40. The number of halogens is 1. The van der Waals surface area contributed by atoms with Crippen molar-refractivity contribution in [1.29, 1.82) is 0 Å². The molecule has 1 fully saturated rings. The topological polar surface area (TPSA) is 39.9 Å². The quantitative estimate of drug-likeness (QED) is 0.639. The van der Waals surface area contributed by atoms with Crippen LogP contribution in [0.25, 0.3) is 0 Å². The number of hydrogen-bond acceptors (Lipinski definition) is 3. The lowest BCUT2D eigenvalue weighted by atomic mass is 10.0. The summed E-state index contributed by atoms with van der Waals surface area (Å²) in [6, 6.07) is 0. The first-order valence-electron chi connectivity index (χ1n) is 3.85. The van der Waals surface area contributed by atoms with Crippen LogP contribution in [0.3, 0.4) is 0 Å². The summed E-state index contributed by atoms with van der Waals surface area (Å²) in [5, 5.41) is 7.88. The third kappa shape index (κ3) is 1.11. The van der Waals surface area contributed by atoms with Gasteiger partial charge in [0.2, 0.25) is 0 Å². The van der Waals surface area contributed by atoms with Gasteiger partial charge in [-0.15, -0.1) is 16.7 Å². The number of ether oxygens (including phenoxy) is 1. The predicted molar refractivity (Wildman–Crippen MR) is 44.1 cm³/mol. The Morgan fingerprint density at radius 2 is 2.42 bits per heavy atom. The monoisotopic (exact) mass is 187 g/mol. The number of aryl methyl sites for hydroxylation is 1. The highest BCUT2D eigenvalue weighted by Gasteiger charge is 2.27. The van der Waals surface area contributed by atoms with Crippen molar-refractivity contribution in [2.45, 2.75) is 11.8 Å². The summed E-state index contributed by atoms with van der Waals surface area (Å²) in [6.45, 7) is 1.54. The minimum Gasteiger partial charge on any atom is -0.380 e. The van der Waals surface area contributed by atoms with E-state index in [0.29, 0.717) is 11.8 Å². The normalized spacial score (nSPS) is 17.8. The molecule has 0 saturated carbocycles. The van der Waals surface area contributed by atoms with Crippen LogP contribution in [0.15, 0.2) is 0 Å². The van der Waals surface area contributed by atoms with Crippen LogP contribution >= 0.6 is 11.6 Å². The molecule has 0 bridgehead atoms. The number of rotatable bonds is 2. The van der Waals surface area contributed by atoms with Gasteiger partial charge in [-0.25, -0.2) is 0 Å². The summed E-state index contributed by atoms with van der Waals surface area (Å²) < 4.78 is 6.88. The first kappa shape index (κ1) is 8.01. The summed E-state index contributed by atoms with van der Waals surface area (Å²) in [4.78, 5) is 0. The van der Waals surface area contributed by atoms with Gasteiger partial charge >= 0.3 is 0 Å². The lowest BCUT2D eigenvalue weighted by Gasteiger charge is -2.26. The highest BCUT2D eigenvalue weighted by molar-refractivity contribution is 6.16. The Kier molecular flexibility index (Phi) is 2.02. The molecule has 1 aromatic heterocycles. The molecule has 0 atom stereocenters. The SMILES string of the molecule is Cn1nnc(CCl)c1C1COC1. The standard InChI is InChI=1S/C7H10ClN3O/c1-11-7(5-3-12-4-5)6(2-8)9-10-11/h5H,2-4H2,1H3. The smallest absolute Gasteiger partial charge is 0.101 e. The number of nitrogens with zero attached hydrogens (tertiary/aromatic N) is 3. The van der Waals surface area contributed by atoms with E-state index in [9.17, 15) is 0 Å². The number of hydrogen-bond donors (Lipinski definition) is 0. The van der Waals surface area contributed by atoms with Gasteiger partial charge in [-0.1, -0.05) is 5.21 Å². The van der Waals surface area contributed by atoms with Crippen LogP contribution in [0.2, 0.25) is 0 Å². The number of alkyl halides is 1. The Morgan fingerprint density at radius 3 is 2.92 bits per heavy atom. The second-order valence-corrected chi connectivity index (χ2v) is 3.18. The Bertz CT molecular complexity index is 282. The molecule has 1 aromatic rings. The molecular weight excluding hydrogens is 178 g/mol. The fraction of sp³-hybridized carbons (Fsp3) is 0.714. The van der Waals surface area contributed by atoms with Crippen LogP contribution in [-0.2, 0) is 17.7 Å². The van der Waals surface area contributed by atoms with Crippen LogP contribution in [0.4, 0.5) is 0 Å².